The summed E-state index contributed by atoms with van der Waals surface area (Å²) in [6.45, 7) is 6.56. The lowest BCUT2D eigenvalue weighted by Gasteiger charge is -2.07. The monoisotopic (exact) mass is 356 g/mol. The number of rotatable bonds is 6. The van der Waals surface area contributed by atoms with E-state index in [2.05, 4.69) is 16.4 Å². The van der Waals surface area contributed by atoms with Gasteiger partial charge in [0.25, 0.3) is 5.91 Å². The molecule has 0 aliphatic carbocycles. The van der Waals surface area contributed by atoms with Gasteiger partial charge in [-0.05, 0) is 62.2 Å². The molecule has 0 atom stereocenters. The Morgan fingerprint density at radius 3 is 2.48 bits per heavy atom. The largest absolute Gasteiger partial charge is 0.494 e. The van der Waals surface area contributed by atoms with Gasteiger partial charge in [0.15, 0.2) is 11.7 Å². The first-order valence-corrected chi connectivity index (χ1v) is 8.90. The highest BCUT2D eigenvalue weighted by molar-refractivity contribution is 7.22. The number of hydrogen-bond acceptors (Lipinski definition) is 5. The van der Waals surface area contributed by atoms with Crippen LogP contribution in [0.25, 0.3) is 10.2 Å². The minimum absolute atomic E-state index is 0.0675. The van der Waals surface area contributed by atoms with Gasteiger partial charge < -0.3 is 9.47 Å². The highest BCUT2D eigenvalue weighted by Crippen LogP contribution is 2.29. The second-order valence-corrected chi connectivity index (χ2v) is 6.69. The van der Waals surface area contributed by atoms with E-state index >= 15 is 0 Å². The number of hydrogen-bond donors (Lipinski definition) is 1. The number of nitrogens with zero attached hydrogens (tertiary/aromatic N) is 1. The molecular weight excluding hydrogens is 336 g/mol. The van der Waals surface area contributed by atoms with E-state index in [1.165, 1.54) is 16.9 Å². The lowest BCUT2D eigenvalue weighted by atomic mass is 10.1. The Balaban J connectivity index is 1.60. The fourth-order valence-corrected chi connectivity index (χ4v) is 3.46. The summed E-state index contributed by atoms with van der Waals surface area (Å²) in [5, 5.41) is 3.39. The van der Waals surface area contributed by atoms with Gasteiger partial charge >= 0.3 is 0 Å². The molecule has 3 rings (SSSR count). The van der Waals surface area contributed by atoms with Crippen molar-refractivity contribution in [2.75, 3.05) is 18.5 Å². The molecule has 0 fully saturated rings. The zero-order valence-corrected chi connectivity index (χ0v) is 15.3. The van der Waals surface area contributed by atoms with Crippen molar-refractivity contribution in [2.24, 2.45) is 0 Å². The van der Waals surface area contributed by atoms with Crippen molar-refractivity contribution < 1.29 is 14.3 Å². The molecule has 1 heterocycles. The number of thiazole rings is 1. The SMILES string of the molecule is CCOc1ccc(OCC(=O)Nc2nc3cc(C)cc(C)c3s2)cc1. The summed E-state index contributed by atoms with van der Waals surface area (Å²) in [5.41, 5.74) is 3.23. The van der Waals surface area contributed by atoms with Crippen molar-refractivity contribution in [3.63, 3.8) is 0 Å². The Labute approximate surface area is 150 Å². The van der Waals surface area contributed by atoms with Gasteiger partial charge in [-0.15, -0.1) is 0 Å². The van der Waals surface area contributed by atoms with Gasteiger partial charge in [0.05, 0.1) is 16.8 Å². The van der Waals surface area contributed by atoms with E-state index in [0.29, 0.717) is 17.5 Å². The van der Waals surface area contributed by atoms with Crippen molar-refractivity contribution in [1.82, 2.24) is 4.98 Å². The molecule has 1 amide bonds. The van der Waals surface area contributed by atoms with Crippen LogP contribution in [0.4, 0.5) is 5.13 Å². The van der Waals surface area contributed by atoms with Crippen LogP contribution in [0.2, 0.25) is 0 Å². The molecule has 1 aromatic heterocycles. The predicted molar refractivity (Wildman–Crippen MR) is 101 cm³/mol. The average molecular weight is 356 g/mol. The van der Waals surface area contributed by atoms with Crippen LogP contribution < -0.4 is 14.8 Å². The lowest BCUT2D eigenvalue weighted by molar-refractivity contribution is -0.118. The van der Waals surface area contributed by atoms with E-state index < -0.39 is 0 Å². The van der Waals surface area contributed by atoms with Crippen LogP contribution in [-0.4, -0.2) is 24.1 Å². The third kappa shape index (κ3) is 4.28. The number of benzene rings is 2. The fraction of sp³-hybridized carbons (Fsp3) is 0.263. The van der Waals surface area contributed by atoms with Gasteiger partial charge in [0.1, 0.15) is 11.5 Å². The number of amides is 1. The number of aromatic nitrogens is 1. The number of carbonyl (C=O) groups is 1. The molecule has 0 radical (unpaired) electrons. The van der Waals surface area contributed by atoms with E-state index in [4.69, 9.17) is 9.47 Å². The summed E-state index contributed by atoms with van der Waals surface area (Å²) in [7, 11) is 0. The number of carbonyl (C=O) groups excluding carboxylic acids is 1. The molecule has 0 aliphatic rings. The molecule has 0 unspecified atom stereocenters. The Bertz CT molecular complexity index is 888. The quantitative estimate of drug-likeness (QED) is 0.714. The number of fused-ring (bicyclic) bond motifs is 1. The normalized spacial score (nSPS) is 10.7. The van der Waals surface area contributed by atoms with Crippen LogP contribution >= 0.6 is 11.3 Å². The molecule has 130 valence electrons. The first-order valence-electron chi connectivity index (χ1n) is 8.08. The molecule has 2 aromatic carbocycles. The van der Waals surface area contributed by atoms with Crippen molar-refractivity contribution in [3.8, 4) is 11.5 Å². The molecule has 6 heteroatoms. The zero-order chi connectivity index (χ0) is 17.8. The summed E-state index contributed by atoms with van der Waals surface area (Å²) in [6.07, 6.45) is 0. The Hall–Kier alpha value is -2.60. The van der Waals surface area contributed by atoms with E-state index in [1.807, 2.05) is 39.0 Å². The van der Waals surface area contributed by atoms with Crippen molar-refractivity contribution in [1.29, 1.82) is 0 Å². The zero-order valence-electron chi connectivity index (χ0n) is 14.5. The van der Waals surface area contributed by atoms with Gasteiger partial charge in [-0.1, -0.05) is 17.4 Å². The van der Waals surface area contributed by atoms with Gasteiger partial charge in [0, 0.05) is 0 Å². The minimum Gasteiger partial charge on any atom is -0.494 e. The molecular formula is C19H20N2O3S. The van der Waals surface area contributed by atoms with E-state index in [9.17, 15) is 4.79 Å². The number of ether oxygens (including phenoxy) is 2. The fourth-order valence-electron chi connectivity index (χ4n) is 2.53. The van der Waals surface area contributed by atoms with Gasteiger partial charge in [0.2, 0.25) is 0 Å². The highest BCUT2D eigenvalue weighted by atomic mass is 32.1. The van der Waals surface area contributed by atoms with E-state index in [0.717, 1.165) is 21.5 Å². The molecule has 25 heavy (non-hydrogen) atoms. The first-order chi connectivity index (χ1) is 12.0. The summed E-state index contributed by atoms with van der Waals surface area (Å²) < 4.78 is 12.0. The predicted octanol–water partition coefficient (Wildman–Crippen LogP) is 4.33. The molecule has 1 N–H and O–H groups in total. The Morgan fingerprint density at radius 2 is 1.80 bits per heavy atom. The maximum absolute atomic E-state index is 12.1. The van der Waals surface area contributed by atoms with Crippen molar-refractivity contribution >= 4 is 32.6 Å². The summed E-state index contributed by atoms with van der Waals surface area (Å²) in [5.74, 6) is 1.16. The minimum atomic E-state index is -0.234. The smallest absolute Gasteiger partial charge is 0.264 e. The summed E-state index contributed by atoms with van der Waals surface area (Å²) >= 11 is 1.47. The lowest BCUT2D eigenvalue weighted by Crippen LogP contribution is -2.19. The van der Waals surface area contributed by atoms with Crippen LogP contribution in [0.1, 0.15) is 18.1 Å². The topological polar surface area (TPSA) is 60.5 Å². The molecule has 0 bridgehead atoms. The summed E-state index contributed by atoms with van der Waals surface area (Å²) in [6, 6.07) is 11.3. The molecule has 5 nitrogen and oxygen atoms in total. The molecule has 3 aromatic rings. The van der Waals surface area contributed by atoms with Crippen molar-refractivity contribution in [3.05, 3.63) is 47.5 Å². The summed E-state index contributed by atoms with van der Waals surface area (Å²) in [4.78, 5) is 16.6. The average Bonchev–Trinajstić information content (AvgIpc) is 2.97. The maximum atomic E-state index is 12.1. The Morgan fingerprint density at radius 1 is 1.12 bits per heavy atom. The van der Waals surface area contributed by atoms with Gasteiger partial charge in [-0.2, -0.15) is 0 Å². The van der Waals surface area contributed by atoms with Gasteiger partial charge in [-0.25, -0.2) is 4.98 Å². The van der Waals surface area contributed by atoms with E-state index in [1.54, 1.807) is 12.1 Å². The van der Waals surface area contributed by atoms with Crippen LogP contribution in [0.3, 0.4) is 0 Å². The highest BCUT2D eigenvalue weighted by Gasteiger charge is 2.10. The maximum Gasteiger partial charge on any atom is 0.264 e. The number of anilines is 1. The Kier molecular flexibility index (Phi) is 5.19. The third-order valence-electron chi connectivity index (χ3n) is 3.57. The van der Waals surface area contributed by atoms with Crippen LogP contribution in [0, 0.1) is 13.8 Å². The number of nitrogens with one attached hydrogen (secondary N) is 1. The first kappa shape index (κ1) is 17.2. The van der Waals surface area contributed by atoms with E-state index in [-0.39, 0.29) is 12.5 Å². The standard InChI is InChI=1S/C19H20N2O3S/c1-4-23-14-5-7-15(8-6-14)24-11-17(22)21-19-20-16-10-12(2)9-13(3)18(16)25-19/h5-10H,4,11H2,1-3H3,(H,20,21,22). The molecule has 0 aliphatic heterocycles. The molecule has 0 spiro atoms. The third-order valence-corrected chi connectivity index (χ3v) is 4.69. The van der Waals surface area contributed by atoms with Crippen LogP contribution in [0.5, 0.6) is 11.5 Å². The molecule has 0 saturated carbocycles. The van der Waals surface area contributed by atoms with Crippen LogP contribution in [-0.2, 0) is 4.79 Å². The second kappa shape index (κ2) is 7.53. The number of aryl methyl sites for hydroxylation is 2. The van der Waals surface area contributed by atoms with Crippen molar-refractivity contribution in [2.45, 2.75) is 20.8 Å². The van der Waals surface area contributed by atoms with Gasteiger partial charge in [-0.3, -0.25) is 10.1 Å². The van der Waals surface area contributed by atoms with Crippen LogP contribution in [0.15, 0.2) is 36.4 Å². The molecule has 0 saturated heterocycles. The second-order valence-electron chi connectivity index (χ2n) is 5.69.